The van der Waals surface area contributed by atoms with Crippen LogP contribution in [0.15, 0.2) is 24.3 Å². The third-order valence-electron chi connectivity index (χ3n) is 3.51. The summed E-state index contributed by atoms with van der Waals surface area (Å²) in [5.41, 5.74) is 0. The summed E-state index contributed by atoms with van der Waals surface area (Å²) in [6.07, 6.45) is 19.5. The fourth-order valence-corrected chi connectivity index (χ4v) is 2.19. The second-order valence-corrected chi connectivity index (χ2v) is 6.19. The molecule has 0 amide bonds. The molecule has 0 aliphatic carbocycles. The SMILES string of the molecule is CCC/C=C/CCC[N+](C)(C)CCC/C=C/CCC.[Cl-]. The first-order valence-corrected chi connectivity index (χ1v) is 8.24. The van der Waals surface area contributed by atoms with Gasteiger partial charge in [-0.25, -0.2) is 0 Å². The Kier molecular flexibility index (Phi) is 16.7. The standard InChI is InChI=1S/C18H36N.ClH/c1-5-7-9-11-13-15-17-19(3,4)18-16-14-12-10-8-6-2;/h9-12H,5-8,13-18H2,1-4H3;1H/q+1;/p-1/b11-9+,12-10+;. The predicted octanol–water partition coefficient (Wildman–Crippen LogP) is 2.34. The smallest absolute Gasteiger partial charge is 0.0785 e. The van der Waals surface area contributed by atoms with E-state index in [0.29, 0.717) is 0 Å². The monoisotopic (exact) mass is 301 g/mol. The summed E-state index contributed by atoms with van der Waals surface area (Å²) in [6, 6.07) is 0. The molecule has 2 heteroatoms. The summed E-state index contributed by atoms with van der Waals surface area (Å²) in [5, 5.41) is 0. The van der Waals surface area contributed by atoms with Crippen molar-refractivity contribution in [2.75, 3.05) is 27.2 Å². The molecule has 0 N–H and O–H groups in total. The normalized spacial score (nSPS) is 12.2. The van der Waals surface area contributed by atoms with E-state index in [2.05, 4.69) is 52.2 Å². The first kappa shape index (κ1) is 22.0. The maximum Gasteiger partial charge on any atom is 0.0785 e. The Labute approximate surface area is 134 Å². The Morgan fingerprint density at radius 3 is 1.35 bits per heavy atom. The first-order chi connectivity index (χ1) is 9.12. The molecular formula is C18H36ClN. The van der Waals surface area contributed by atoms with Gasteiger partial charge in [-0.15, -0.1) is 0 Å². The van der Waals surface area contributed by atoms with Crippen LogP contribution in [0.4, 0.5) is 0 Å². The molecule has 0 rings (SSSR count). The molecule has 0 radical (unpaired) electrons. The Bertz CT molecular complexity index is 220. The molecule has 0 saturated heterocycles. The van der Waals surface area contributed by atoms with Crippen molar-refractivity contribution in [1.29, 1.82) is 0 Å². The fraction of sp³-hybridized carbons (Fsp3) is 0.778. The van der Waals surface area contributed by atoms with Crippen molar-refractivity contribution in [2.45, 2.75) is 65.2 Å². The summed E-state index contributed by atoms with van der Waals surface area (Å²) in [4.78, 5) is 0. The van der Waals surface area contributed by atoms with Gasteiger partial charge in [-0.1, -0.05) is 51.0 Å². The average molecular weight is 302 g/mol. The molecule has 0 aromatic heterocycles. The molecule has 120 valence electrons. The highest BCUT2D eigenvalue weighted by Gasteiger charge is 2.12. The molecule has 20 heavy (non-hydrogen) atoms. The van der Waals surface area contributed by atoms with Gasteiger partial charge in [0, 0.05) is 0 Å². The van der Waals surface area contributed by atoms with Crippen LogP contribution in [0.5, 0.6) is 0 Å². The lowest BCUT2D eigenvalue weighted by Crippen LogP contribution is -3.00. The van der Waals surface area contributed by atoms with Crippen LogP contribution in [-0.4, -0.2) is 31.7 Å². The minimum Gasteiger partial charge on any atom is -1.00 e. The Balaban J connectivity index is 0. The molecule has 0 unspecified atom stereocenters. The van der Waals surface area contributed by atoms with Crippen molar-refractivity contribution in [3.05, 3.63) is 24.3 Å². The predicted molar refractivity (Wildman–Crippen MR) is 88.4 cm³/mol. The largest absolute Gasteiger partial charge is 1.00 e. The number of allylic oxidation sites excluding steroid dienone is 4. The van der Waals surface area contributed by atoms with Crippen LogP contribution in [0.3, 0.4) is 0 Å². The molecule has 1 nitrogen and oxygen atoms in total. The van der Waals surface area contributed by atoms with Gasteiger partial charge in [-0.05, 0) is 38.5 Å². The first-order valence-electron chi connectivity index (χ1n) is 8.24. The number of quaternary nitrogens is 1. The topological polar surface area (TPSA) is 0 Å². The van der Waals surface area contributed by atoms with Gasteiger partial charge in [0.2, 0.25) is 0 Å². The van der Waals surface area contributed by atoms with Gasteiger partial charge in [-0.3, -0.25) is 0 Å². The number of rotatable bonds is 12. The quantitative estimate of drug-likeness (QED) is 0.295. The van der Waals surface area contributed by atoms with Crippen LogP contribution in [0.1, 0.15) is 65.2 Å². The zero-order valence-electron chi connectivity index (χ0n) is 14.2. The van der Waals surface area contributed by atoms with E-state index in [0.717, 1.165) is 0 Å². The molecular weight excluding hydrogens is 266 g/mol. The Morgan fingerprint density at radius 1 is 0.650 bits per heavy atom. The third kappa shape index (κ3) is 15.8. The Morgan fingerprint density at radius 2 is 1.00 bits per heavy atom. The van der Waals surface area contributed by atoms with E-state index in [1.165, 1.54) is 68.9 Å². The van der Waals surface area contributed by atoms with E-state index in [-0.39, 0.29) is 12.4 Å². The van der Waals surface area contributed by atoms with Crippen LogP contribution < -0.4 is 12.4 Å². The maximum atomic E-state index is 2.37. The number of halogens is 1. The zero-order chi connectivity index (χ0) is 14.4. The van der Waals surface area contributed by atoms with Crippen molar-refractivity contribution in [3.8, 4) is 0 Å². The minimum absolute atomic E-state index is 0. The van der Waals surface area contributed by atoms with Crippen molar-refractivity contribution in [1.82, 2.24) is 0 Å². The number of nitrogens with zero attached hydrogens (tertiary/aromatic N) is 1. The molecule has 0 heterocycles. The van der Waals surface area contributed by atoms with Crippen LogP contribution in [0, 0.1) is 0 Å². The Hall–Kier alpha value is -0.270. The van der Waals surface area contributed by atoms with Crippen LogP contribution in [0.2, 0.25) is 0 Å². The molecule has 0 aliphatic rings. The second-order valence-electron chi connectivity index (χ2n) is 6.19. The van der Waals surface area contributed by atoms with Crippen molar-refractivity contribution in [2.24, 2.45) is 0 Å². The lowest BCUT2D eigenvalue weighted by Gasteiger charge is -2.29. The highest BCUT2D eigenvalue weighted by atomic mass is 35.5. The van der Waals surface area contributed by atoms with Crippen molar-refractivity contribution >= 4 is 0 Å². The second kappa shape index (κ2) is 15.1. The van der Waals surface area contributed by atoms with E-state index >= 15 is 0 Å². The fourth-order valence-electron chi connectivity index (χ4n) is 2.19. The van der Waals surface area contributed by atoms with Gasteiger partial charge in [0.25, 0.3) is 0 Å². The molecule has 0 bridgehead atoms. The zero-order valence-corrected chi connectivity index (χ0v) is 15.0. The average Bonchev–Trinajstić information content (AvgIpc) is 2.38. The van der Waals surface area contributed by atoms with Crippen LogP contribution in [-0.2, 0) is 0 Å². The summed E-state index contributed by atoms with van der Waals surface area (Å²) in [7, 11) is 4.73. The van der Waals surface area contributed by atoms with E-state index in [1.807, 2.05) is 0 Å². The van der Waals surface area contributed by atoms with Gasteiger partial charge in [-0.2, -0.15) is 0 Å². The maximum absolute atomic E-state index is 2.37. The lowest BCUT2D eigenvalue weighted by atomic mass is 10.2. The molecule has 0 aromatic rings. The van der Waals surface area contributed by atoms with Gasteiger partial charge in [0.1, 0.15) is 0 Å². The van der Waals surface area contributed by atoms with Gasteiger partial charge < -0.3 is 16.9 Å². The van der Waals surface area contributed by atoms with E-state index in [9.17, 15) is 0 Å². The number of hydrogen-bond acceptors (Lipinski definition) is 0. The van der Waals surface area contributed by atoms with E-state index in [4.69, 9.17) is 0 Å². The van der Waals surface area contributed by atoms with E-state index < -0.39 is 0 Å². The molecule has 0 saturated carbocycles. The number of hydrogen-bond donors (Lipinski definition) is 0. The van der Waals surface area contributed by atoms with Gasteiger partial charge in [0.05, 0.1) is 27.2 Å². The summed E-state index contributed by atoms with van der Waals surface area (Å²) in [5.74, 6) is 0. The molecule has 0 fully saturated rings. The molecule has 0 atom stereocenters. The molecule has 0 spiro atoms. The van der Waals surface area contributed by atoms with Crippen LogP contribution in [0.25, 0.3) is 0 Å². The highest BCUT2D eigenvalue weighted by Crippen LogP contribution is 2.06. The minimum atomic E-state index is 0. The summed E-state index contributed by atoms with van der Waals surface area (Å²) >= 11 is 0. The van der Waals surface area contributed by atoms with Gasteiger partial charge in [0.15, 0.2) is 0 Å². The van der Waals surface area contributed by atoms with Crippen molar-refractivity contribution < 1.29 is 16.9 Å². The number of unbranched alkanes of at least 4 members (excludes halogenated alkanes) is 4. The van der Waals surface area contributed by atoms with E-state index in [1.54, 1.807) is 0 Å². The van der Waals surface area contributed by atoms with Crippen molar-refractivity contribution in [3.63, 3.8) is 0 Å². The highest BCUT2D eigenvalue weighted by molar-refractivity contribution is 4.81. The van der Waals surface area contributed by atoms with Crippen LogP contribution >= 0.6 is 0 Å². The molecule has 0 aromatic carbocycles. The third-order valence-corrected chi connectivity index (χ3v) is 3.51. The summed E-state index contributed by atoms with van der Waals surface area (Å²) in [6.45, 7) is 7.07. The van der Waals surface area contributed by atoms with Gasteiger partial charge >= 0.3 is 0 Å². The molecule has 0 aliphatic heterocycles. The summed E-state index contributed by atoms with van der Waals surface area (Å²) < 4.78 is 1.17. The lowest BCUT2D eigenvalue weighted by molar-refractivity contribution is -0.890.